The van der Waals surface area contributed by atoms with Gasteiger partial charge in [-0.1, -0.05) is 36.4 Å². The summed E-state index contributed by atoms with van der Waals surface area (Å²) in [5.41, 5.74) is 1.88. The van der Waals surface area contributed by atoms with Gasteiger partial charge in [-0.3, -0.25) is 9.10 Å². The lowest BCUT2D eigenvalue weighted by molar-refractivity contribution is 0.0951. The number of para-hydroxylation sites is 1. The fourth-order valence-corrected chi connectivity index (χ4v) is 4.24. The molecule has 1 N–H and O–H groups in total. The van der Waals surface area contributed by atoms with E-state index in [1.807, 2.05) is 24.3 Å². The molecule has 0 aliphatic carbocycles. The van der Waals surface area contributed by atoms with Crippen LogP contribution in [0, 0.1) is 5.82 Å². The molecule has 1 amide bonds. The van der Waals surface area contributed by atoms with E-state index in [4.69, 9.17) is 4.74 Å². The molecular weight excluding hydrogens is 445 g/mol. The monoisotopic (exact) mass is 471 g/mol. The van der Waals surface area contributed by atoms with E-state index in [0.717, 1.165) is 14.2 Å². The SMILES string of the molecule is COc1cccc(CNC(=O)c2ccc(CN(c3ccccc3F)S(=O)(=O)N(C)C)cc2)c1. The van der Waals surface area contributed by atoms with E-state index < -0.39 is 16.0 Å². The maximum absolute atomic E-state index is 14.4. The molecule has 3 aromatic carbocycles. The highest BCUT2D eigenvalue weighted by Gasteiger charge is 2.27. The number of nitrogens with zero attached hydrogens (tertiary/aromatic N) is 2. The average Bonchev–Trinajstić information content (AvgIpc) is 2.82. The van der Waals surface area contributed by atoms with Crippen molar-refractivity contribution in [3.63, 3.8) is 0 Å². The summed E-state index contributed by atoms with van der Waals surface area (Å²) in [6.07, 6.45) is 0. The summed E-state index contributed by atoms with van der Waals surface area (Å²) >= 11 is 0. The van der Waals surface area contributed by atoms with Crippen LogP contribution in [0.4, 0.5) is 10.1 Å². The van der Waals surface area contributed by atoms with Crippen molar-refractivity contribution in [1.29, 1.82) is 0 Å². The summed E-state index contributed by atoms with van der Waals surface area (Å²) in [6, 6.07) is 19.6. The second-order valence-electron chi connectivity index (χ2n) is 7.48. The minimum Gasteiger partial charge on any atom is -0.497 e. The molecule has 0 saturated heterocycles. The van der Waals surface area contributed by atoms with Gasteiger partial charge >= 0.3 is 10.2 Å². The van der Waals surface area contributed by atoms with Gasteiger partial charge in [0, 0.05) is 26.2 Å². The third kappa shape index (κ3) is 5.88. The van der Waals surface area contributed by atoms with E-state index in [1.54, 1.807) is 37.4 Å². The lowest BCUT2D eigenvalue weighted by Gasteiger charge is -2.27. The number of hydrogen-bond donors (Lipinski definition) is 1. The Kier molecular flexibility index (Phi) is 7.67. The van der Waals surface area contributed by atoms with Crippen LogP contribution >= 0.6 is 0 Å². The molecule has 0 atom stereocenters. The molecule has 7 nitrogen and oxygen atoms in total. The quantitative estimate of drug-likeness (QED) is 0.518. The van der Waals surface area contributed by atoms with Crippen LogP contribution in [0.15, 0.2) is 72.8 Å². The van der Waals surface area contributed by atoms with E-state index in [9.17, 15) is 17.6 Å². The maximum atomic E-state index is 14.4. The third-order valence-electron chi connectivity index (χ3n) is 4.99. The number of nitrogens with one attached hydrogen (secondary N) is 1. The maximum Gasteiger partial charge on any atom is 0.303 e. The fourth-order valence-electron chi connectivity index (χ4n) is 3.14. The van der Waals surface area contributed by atoms with Gasteiger partial charge < -0.3 is 10.1 Å². The van der Waals surface area contributed by atoms with Crippen molar-refractivity contribution in [2.45, 2.75) is 13.1 Å². The first-order valence-electron chi connectivity index (χ1n) is 10.2. The lowest BCUT2D eigenvalue weighted by Crippen LogP contribution is -2.40. The number of methoxy groups -OCH3 is 1. The van der Waals surface area contributed by atoms with Crippen LogP contribution in [0.2, 0.25) is 0 Å². The Morgan fingerprint density at radius 3 is 2.30 bits per heavy atom. The summed E-state index contributed by atoms with van der Waals surface area (Å²) in [5.74, 6) is -0.203. The Labute approximate surface area is 193 Å². The van der Waals surface area contributed by atoms with Crippen LogP contribution in [0.1, 0.15) is 21.5 Å². The van der Waals surface area contributed by atoms with E-state index in [-0.39, 0.29) is 18.1 Å². The first kappa shape index (κ1) is 24.2. The first-order valence-corrected chi connectivity index (χ1v) is 11.6. The van der Waals surface area contributed by atoms with Gasteiger partial charge in [0.05, 0.1) is 19.3 Å². The predicted molar refractivity (Wildman–Crippen MR) is 126 cm³/mol. The van der Waals surface area contributed by atoms with E-state index in [0.29, 0.717) is 23.4 Å². The van der Waals surface area contributed by atoms with Crippen molar-refractivity contribution >= 4 is 21.8 Å². The molecule has 0 spiro atoms. The first-order chi connectivity index (χ1) is 15.7. The molecule has 0 bridgehead atoms. The van der Waals surface area contributed by atoms with Crippen molar-refractivity contribution in [2.75, 3.05) is 25.5 Å². The number of benzene rings is 3. The zero-order valence-corrected chi connectivity index (χ0v) is 19.5. The Morgan fingerprint density at radius 1 is 0.970 bits per heavy atom. The third-order valence-corrected chi connectivity index (χ3v) is 6.80. The molecule has 0 unspecified atom stereocenters. The van der Waals surface area contributed by atoms with Crippen molar-refractivity contribution in [2.24, 2.45) is 0 Å². The zero-order valence-electron chi connectivity index (χ0n) is 18.7. The number of carbonyl (C=O) groups excluding carboxylic acids is 1. The number of hydrogen-bond acceptors (Lipinski definition) is 4. The summed E-state index contributed by atoms with van der Waals surface area (Å²) in [6.45, 7) is 0.243. The summed E-state index contributed by atoms with van der Waals surface area (Å²) in [5, 5.41) is 2.84. The Bertz CT molecular complexity index is 1210. The number of carbonyl (C=O) groups is 1. The smallest absolute Gasteiger partial charge is 0.303 e. The molecule has 9 heteroatoms. The molecule has 0 aliphatic rings. The van der Waals surface area contributed by atoms with Crippen LogP contribution in [-0.4, -0.2) is 39.8 Å². The van der Waals surface area contributed by atoms with E-state index in [1.165, 1.54) is 32.3 Å². The van der Waals surface area contributed by atoms with Gasteiger partial charge in [-0.05, 0) is 47.5 Å². The van der Waals surface area contributed by atoms with Crippen LogP contribution in [-0.2, 0) is 23.3 Å². The van der Waals surface area contributed by atoms with Crippen molar-refractivity contribution in [3.05, 3.63) is 95.3 Å². The summed E-state index contributed by atoms with van der Waals surface area (Å²) in [4.78, 5) is 12.5. The Balaban J connectivity index is 1.74. The van der Waals surface area contributed by atoms with Gasteiger partial charge in [0.1, 0.15) is 11.6 Å². The number of amides is 1. The highest BCUT2D eigenvalue weighted by molar-refractivity contribution is 7.90. The van der Waals surface area contributed by atoms with Crippen LogP contribution in [0.5, 0.6) is 5.75 Å². The molecule has 3 aromatic rings. The largest absolute Gasteiger partial charge is 0.497 e. The molecule has 0 aromatic heterocycles. The highest BCUT2D eigenvalue weighted by Crippen LogP contribution is 2.25. The second-order valence-corrected chi connectivity index (χ2v) is 9.55. The van der Waals surface area contributed by atoms with E-state index in [2.05, 4.69) is 5.32 Å². The molecule has 33 heavy (non-hydrogen) atoms. The molecule has 0 aliphatic heterocycles. The second kappa shape index (κ2) is 10.5. The van der Waals surface area contributed by atoms with Gasteiger partial charge in [-0.25, -0.2) is 4.39 Å². The minimum absolute atomic E-state index is 0.0497. The number of rotatable bonds is 9. The van der Waals surface area contributed by atoms with Gasteiger partial charge in [-0.2, -0.15) is 12.7 Å². The highest BCUT2D eigenvalue weighted by atomic mass is 32.2. The topological polar surface area (TPSA) is 79.0 Å². The van der Waals surface area contributed by atoms with Gasteiger partial charge in [-0.15, -0.1) is 0 Å². The van der Waals surface area contributed by atoms with Crippen LogP contribution in [0.3, 0.4) is 0 Å². The summed E-state index contributed by atoms with van der Waals surface area (Å²) in [7, 11) is 0.408. The number of halogens is 1. The van der Waals surface area contributed by atoms with Gasteiger partial charge in [0.2, 0.25) is 0 Å². The minimum atomic E-state index is -3.95. The molecule has 0 fully saturated rings. The van der Waals surface area contributed by atoms with Crippen molar-refractivity contribution in [3.8, 4) is 5.75 Å². The predicted octanol–water partition coefficient (Wildman–Crippen LogP) is 3.58. The molecule has 174 valence electrons. The lowest BCUT2D eigenvalue weighted by atomic mass is 10.1. The standard InChI is InChI=1S/C24H26FN3O4S/c1-27(2)33(30,31)28(23-10-5-4-9-22(23)25)17-18-11-13-20(14-12-18)24(29)26-16-19-7-6-8-21(15-19)32-3/h4-15H,16-17H2,1-3H3,(H,26,29). The Hall–Kier alpha value is -3.43. The van der Waals surface area contributed by atoms with E-state index >= 15 is 0 Å². The molecule has 3 rings (SSSR count). The number of ether oxygens (including phenoxy) is 1. The van der Waals surface area contributed by atoms with Crippen molar-refractivity contribution < 1.29 is 22.3 Å². The normalized spacial score (nSPS) is 11.3. The molecule has 0 radical (unpaired) electrons. The zero-order chi connectivity index (χ0) is 24.0. The fraction of sp³-hybridized carbons (Fsp3) is 0.208. The number of anilines is 1. The molecule has 0 heterocycles. The van der Waals surface area contributed by atoms with Gasteiger partial charge in [0.15, 0.2) is 0 Å². The average molecular weight is 472 g/mol. The van der Waals surface area contributed by atoms with Gasteiger partial charge in [0.25, 0.3) is 5.91 Å². The summed E-state index contributed by atoms with van der Waals surface area (Å²) < 4.78 is 47.3. The Morgan fingerprint density at radius 2 is 1.67 bits per heavy atom. The molecule has 0 saturated carbocycles. The van der Waals surface area contributed by atoms with Crippen LogP contribution in [0.25, 0.3) is 0 Å². The molecular formula is C24H26FN3O4S. The van der Waals surface area contributed by atoms with Crippen molar-refractivity contribution in [1.82, 2.24) is 9.62 Å². The van der Waals surface area contributed by atoms with Crippen LogP contribution < -0.4 is 14.4 Å².